The Bertz CT molecular complexity index is 1160. The zero-order valence-corrected chi connectivity index (χ0v) is 15.2. The van der Waals surface area contributed by atoms with Crippen molar-refractivity contribution in [1.29, 1.82) is 0 Å². The summed E-state index contributed by atoms with van der Waals surface area (Å²) in [7, 11) is 0. The molecular weight excluding hydrogens is 403 g/mol. The van der Waals surface area contributed by atoms with Crippen LogP contribution in [0.25, 0.3) is 22.2 Å². The van der Waals surface area contributed by atoms with E-state index in [9.17, 15) is 22.8 Å². The largest absolute Gasteiger partial charge is 0.417 e. The molecule has 2 amide bonds. The number of pyridine rings is 1. The first-order valence-electron chi connectivity index (χ1n) is 8.85. The van der Waals surface area contributed by atoms with Crippen molar-refractivity contribution in [3.05, 3.63) is 47.9 Å². The maximum atomic E-state index is 13.7. The van der Waals surface area contributed by atoms with Crippen molar-refractivity contribution in [2.75, 3.05) is 5.32 Å². The van der Waals surface area contributed by atoms with Crippen LogP contribution >= 0.6 is 0 Å². The molecule has 0 atom stereocenters. The van der Waals surface area contributed by atoms with Gasteiger partial charge in [0, 0.05) is 29.1 Å². The van der Waals surface area contributed by atoms with Crippen molar-refractivity contribution in [3.63, 3.8) is 0 Å². The molecule has 154 valence electrons. The number of aromatic nitrogens is 3. The Morgan fingerprint density at radius 2 is 1.87 bits per heavy atom. The summed E-state index contributed by atoms with van der Waals surface area (Å²) in [6.07, 6.45) is -1.30. The first kappa shape index (κ1) is 19.7. The van der Waals surface area contributed by atoms with Crippen LogP contribution in [0.15, 0.2) is 36.8 Å². The molecule has 1 saturated carbocycles. The van der Waals surface area contributed by atoms with Gasteiger partial charge in [-0.15, -0.1) is 0 Å². The molecule has 0 spiro atoms. The first-order valence-corrected chi connectivity index (χ1v) is 8.85. The number of hydrogen-bond donors (Lipinski definition) is 3. The summed E-state index contributed by atoms with van der Waals surface area (Å²) in [5.41, 5.74) is -0.233. The Morgan fingerprint density at radius 1 is 1.10 bits per heavy atom. The van der Waals surface area contributed by atoms with Crippen molar-refractivity contribution in [1.82, 2.24) is 20.4 Å². The number of hydroxylamine groups is 1. The summed E-state index contributed by atoms with van der Waals surface area (Å²) in [5.74, 6) is -1.30. The van der Waals surface area contributed by atoms with Crippen molar-refractivity contribution in [3.8, 4) is 11.3 Å². The van der Waals surface area contributed by atoms with E-state index in [2.05, 4.69) is 20.3 Å². The third kappa shape index (κ3) is 3.79. The average Bonchev–Trinajstić information content (AvgIpc) is 3.57. The van der Waals surface area contributed by atoms with E-state index in [0.717, 1.165) is 19.0 Å². The fourth-order valence-corrected chi connectivity index (χ4v) is 3.05. The van der Waals surface area contributed by atoms with Gasteiger partial charge in [0.25, 0.3) is 5.91 Å². The number of halogens is 3. The van der Waals surface area contributed by atoms with Gasteiger partial charge in [-0.1, -0.05) is 6.07 Å². The number of amides is 2. The molecule has 1 aliphatic carbocycles. The Morgan fingerprint density at radius 3 is 2.53 bits per heavy atom. The molecule has 30 heavy (non-hydrogen) atoms. The highest BCUT2D eigenvalue weighted by Crippen LogP contribution is 2.38. The third-order valence-corrected chi connectivity index (χ3v) is 4.66. The quantitative estimate of drug-likeness (QED) is 0.443. The van der Waals surface area contributed by atoms with Crippen LogP contribution in [0.2, 0.25) is 0 Å². The molecule has 1 aromatic carbocycles. The lowest BCUT2D eigenvalue weighted by atomic mass is 9.99. The predicted molar refractivity (Wildman–Crippen MR) is 98.4 cm³/mol. The standard InChI is InChI=1S/C19H14F3N5O3/c20-19(21,22)16-11-5-10(3-4-13(11)23-7-12(16)18(29)27-30)14-6-15(25-8-24-14)26-17(28)9-1-2-9/h3-9,30H,1-2H2,(H,27,29)(H,24,25,26,28). The molecule has 1 fully saturated rings. The average molecular weight is 417 g/mol. The number of anilines is 1. The number of carbonyl (C=O) groups is 2. The number of hydrogen-bond acceptors (Lipinski definition) is 6. The highest BCUT2D eigenvalue weighted by molar-refractivity contribution is 6.00. The molecule has 0 unspecified atom stereocenters. The predicted octanol–water partition coefficient (Wildman–Crippen LogP) is 3.18. The second-order valence-corrected chi connectivity index (χ2v) is 6.77. The van der Waals surface area contributed by atoms with Crippen molar-refractivity contribution >= 4 is 28.5 Å². The van der Waals surface area contributed by atoms with Crippen LogP contribution in [0.3, 0.4) is 0 Å². The van der Waals surface area contributed by atoms with Crippen molar-refractivity contribution in [2.24, 2.45) is 5.92 Å². The zero-order chi connectivity index (χ0) is 21.5. The number of rotatable bonds is 4. The molecule has 4 rings (SSSR count). The maximum absolute atomic E-state index is 13.7. The molecule has 11 heteroatoms. The number of carbonyl (C=O) groups excluding carboxylic acids is 2. The van der Waals surface area contributed by atoms with E-state index in [1.165, 1.54) is 36.1 Å². The van der Waals surface area contributed by atoms with E-state index in [4.69, 9.17) is 5.21 Å². The number of fused-ring (bicyclic) bond motifs is 1. The zero-order valence-electron chi connectivity index (χ0n) is 15.2. The van der Waals surface area contributed by atoms with Crippen LogP contribution < -0.4 is 10.8 Å². The molecule has 1 aliphatic rings. The normalized spacial score (nSPS) is 13.9. The van der Waals surface area contributed by atoms with Gasteiger partial charge in [-0.3, -0.25) is 19.8 Å². The summed E-state index contributed by atoms with van der Waals surface area (Å²) in [6.45, 7) is 0. The third-order valence-electron chi connectivity index (χ3n) is 4.66. The van der Waals surface area contributed by atoms with E-state index in [-0.39, 0.29) is 34.2 Å². The molecule has 0 bridgehead atoms. The first-order chi connectivity index (χ1) is 14.3. The van der Waals surface area contributed by atoms with Gasteiger partial charge in [-0.05, 0) is 25.0 Å². The van der Waals surface area contributed by atoms with Gasteiger partial charge >= 0.3 is 6.18 Å². The molecule has 3 N–H and O–H groups in total. The van der Waals surface area contributed by atoms with Crippen molar-refractivity contribution in [2.45, 2.75) is 19.0 Å². The molecular formula is C19H14F3N5O3. The van der Waals surface area contributed by atoms with Gasteiger partial charge in [-0.25, -0.2) is 15.4 Å². The minimum absolute atomic E-state index is 0.0110. The van der Waals surface area contributed by atoms with Crippen LogP contribution in [0, 0.1) is 5.92 Å². The van der Waals surface area contributed by atoms with Crippen LogP contribution in [-0.2, 0) is 11.0 Å². The lowest BCUT2D eigenvalue weighted by Gasteiger charge is -2.15. The molecule has 3 aromatic rings. The van der Waals surface area contributed by atoms with E-state index in [1.54, 1.807) is 0 Å². The lowest BCUT2D eigenvalue weighted by molar-refractivity contribution is -0.136. The maximum Gasteiger partial charge on any atom is 0.417 e. The summed E-state index contributed by atoms with van der Waals surface area (Å²) in [5, 5.41) is 11.1. The molecule has 0 radical (unpaired) electrons. The fourth-order valence-electron chi connectivity index (χ4n) is 3.05. The summed E-state index contributed by atoms with van der Waals surface area (Å²) >= 11 is 0. The van der Waals surface area contributed by atoms with E-state index >= 15 is 0 Å². The van der Waals surface area contributed by atoms with Gasteiger partial charge in [0.15, 0.2) is 0 Å². The van der Waals surface area contributed by atoms with E-state index in [1.807, 2.05) is 0 Å². The Balaban J connectivity index is 1.81. The smallest absolute Gasteiger partial charge is 0.310 e. The van der Waals surface area contributed by atoms with Crippen molar-refractivity contribution < 1.29 is 28.0 Å². The minimum atomic E-state index is -4.88. The SMILES string of the molecule is O=C(NO)c1cnc2ccc(-c3cc(NC(=O)C4CC4)ncn3)cc2c1C(F)(F)F. The van der Waals surface area contributed by atoms with Crippen LogP contribution in [0.4, 0.5) is 19.0 Å². The summed E-state index contributed by atoms with van der Waals surface area (Å²) < 4.78 is 41.2. The van der Waals surface area contributed by atoms with Gasteiger partial charge in [0.2, 0.25) is 5.91 Å². The molecule has 2 aromatic heterocycles. The topological polar surface area (TPSA) is 117 Å². The van der Waals surface area contributed by atoms with Crippen LogP contribution in [0.5, 0.6) is 0 Å². The van der Waals surface area contributed by atoms with E-state index in [0.29, 0.717) is 5.56 Å². The molecule has 0 saturated heterocycles. The molecule has 8 nitrogen and oxygen atoms in total. The highest BCUT2D eigenvalue weighted by Gasteiger charge is 2.38. The van der Waals surface area contributed by atoms with E-state index < -0.39 is 23.2 Å². The number of alkyl halides is 3. The molecule has 2 heterocycles. The second-order valence-electron chi connectivity index (χ2n) is 6.77. The Labute approximate surface area is 167 Å². The second kappa shape index (κ2) is 7.34. The lowest BCUT2D eigenvalue weighted by Crippen LogP contribution is -2.23. The fraction of sp³-hybridized carbons (Fsp3) is 0.211. The minimum Gasteiger partial charge on any atom is -0.310 e. The molecule has 0 aliphatic heterocycles. The summed E-state index contributed by atoms with van der Waals surface area (Å²) in [6, 6.07) is 5.54. The summed E-state index contributed by atoms with van der Waals surface area (Å²) in [4.78, 5) is 35.6. The number of nitrogens with one attached hydrogen (secondary N) is 2. The van der Waals surface area contributed by atoms with Gasteiger partial charge < -0.3 is 5.32 Å². The van der Waals surface area contributed by atoms with Gasteiger partial charge in [-0.2, -0.15) is 13.2 Å². The monoisotopic (exact) mass is 417 g/mol. The highest BCUT2D eigenvalue weighted by atomic mass is 19.4. The Kier molecular flexibility index (Phi) is 4.82. The van der Waals surface area contributed by atoms with Crippen LogP contribution in [-0.4, -0.2) is 32.0 Å². The van der Waals surface area contributed by atoms with Crippen LogP contribution in [0.1, 0.15) is 28.8 Å². The number of benzene rings is 1. The van der Waals surface area contributed by atoms with Gasteiger partial charge in [0.1, 0.15) is 12.1 Å². The number of nitrogens with zero attached hydrogens (tertiary/aromatic N) is 3. The Hall–Kier alpha value is -3.60. The van der Waals surface area contributed by atoms with Gasteiger partial charge in [0.05, 0.1) is 22.3 Å².